The number of carboxylic acid groups (broad SMARTS) is 1. The van der Waals surface area contributed by atoms with Gasteiger partial charge in [0.15, 0.2) is 11.4 Å². The fraction of sp³-hybridized carbons (Fsp3) is 0.318. The lowest BCUT2D eigenvalue weighted by molar-refractivity contribution is -0.147. The predicted molar refractivity (Wildman–Crippen MR) is 112 cm³/mol. The van der Waals surface area contributed by atoms with Crippen LogP contribution < -0.4 is 9.80 Å². The summed E-state index contributed by atoms with van der Waals surface area (Å²) in [5.74, 6) is -2.76. The van der Waals surface area contributed by atoms with Crippen molar-refractivity contribution in [1.29, 1.82) is 0 Å². The van der Waals surface area contributed by atoms with E-state index in [9.17, 15) is 14.7 Å². The molecular formula is C22H24FN3O4. The molecule has 1 atom stereocenters. The third kappa shape index (κ3) is 4.27. The number of hydrogen-bond donors (Lipinski definition) is 1. The van der Waals surface area contributed by atoms with Crippen LogP contribution in [0.4, 0.5) is 15.8 Å². The third-order valence-electron chi connectivity index (χ3n) is 5.02. The quantitative estimate of drug-likeness (QED) is 0.336. The minimum absolute atomic E-state index is 0.320. The van der Waals surface area contributed by atoms with Gasteiger partial charge in [0.1, 0.15) is 0 Å². The van der Waals surface area contributed by atoms with Crippen molar-refractivity contribution in [3.05, 3.63) is 54.1 Å². The molecular weight excluding hydrogens is 389 g/mol. The number of carbonyl (C=O) groups is 2. The van der Waals surface area contributed by atoms with Gasteiger partial charge in [0.2, 0.25) is 0 Å². The van der Waals surface area contributed by atoms with Crippen molar-refractivity contribution in [3.8, 4) is 11.3 Å². The number of anilines is 2. The Morgan fingerprint density at radius 2 is 2.07 bits per heavy atom. The van der Waals surface area contributed by atoms with Crippen molar-refractivity contribution >= 4 is 23.3 Å². The highest BCUT2D eigenvalue weighted by atomic mass is 19.1. The largest absolute Gasteiger partial charge is 0.477 e. The molecule has 158 valence electrons. The van der Waals surface area contributed by atoms with Gasteiger partial charge < -0.3 is 19.6 Å². The maximum atomic E-state index is 15.4. The molecule has 30 heavy (non-hydrogen) atoms. The molecule has 0 spiro atoms. The zero-order valence-electron chi connectivity index (χ0n) is 17.1. The monoisotopic (exact) mass is 413 g/mol. The van der Waals surface area contributed by atoms with Gasteiger partial charge >= 0.3 is 11.9 Å². The minimum Gasteiger partial charge on any atom is -0.477 e. The van der Waals surface area contributed by atoms with Crippen LogP contribution >= 0.6 is 0 Å². The van der Waals surface area contributed by atoms with E-state index in [2.05, 4.69) is 4.98 Å². The smallest absolute Gasteiger partial charge is 0.347 e. The molecule has 0 saturated heterocycles. The number of esters is 1. The lowest BCUT2D eigenvalue weighted by Crippen LogP contribution is -2.38. The van der Waals surface area contributed by atoms with E-state index in [-0.39, 0.29) is 0 Å². The highest BCUT2D eigenvalue weighted by Crippen LogP contribution is 2.39. The van der Waals surface area contributed by atoms with Gasteiger partial charge in [0.25, 0.3) is 0 Å². The number of benzene rings is 1. The maximum absolute atomic E-state index is 15.4. The molecule has 3 rings (SSSR count). The van der Waals surface area contributed by atoms with E-state index in [4.69, 9.17) is 4.74 Å². The predicted octanol–water partition coefficient (Wildman–Crippen LogP) is 3.45. The first-order valence-corrected chi connectivity index (χ1v) is 9.71. The number of aromatic nitrogens is 1. The second-order valence-electron chi connectivity index (χ2n) is 7.10. The van der Waals surface area contributed by atoms with Crippen molar-refractivity contribution in [2.75, 3.05) is 29.9 Å². The van der Waals surface area contributed by atoms with Crippen LogP contribution in [-0.2, 0) is 14.3 Å². The maximum Gasteiger partial charge on any atom is 0.347 e. The molecule has 0 aliphatic carbocycles. The van der Waals surface area contributed by atoms with E-state index in [1.807, 2.05) is 6.92 Å². The number of ether oxygens (including phenoxy) is 1. The Kier molecular flexibility index (Phi) is 6.34. The Morgan fingerprint density at radius 1 is 1.30 bits per heavy atom. The van der Waals surface area contributed by atoms with Crippen molar-refractivity contribution in [2.24, 2.45) is 0 Å². The molecule has 0 bridgehead atoms. The first kappa shape index (κ1) is 21.3. The number of fused-ring (bicyclic) bond motifs is 1. The zero-order chi connectivity index (χ0) is 21.8. The lowest BCUT2D eigenvalue weighted by Gasteiger charge is -2.36. The van der Waals surface area contributed by atoms with Gasteiger partial charge in [-0.2, -0.15) is 0 Å². The second-order valence-corrected chi connectivity index (χ2v) is 7.10. The number of aliphatic carboxylic acids is 1. The summed E-state index contributed by atoms with van der Waals surface area (Å²) in [6, 6.07) is 8.56. The van der Waals surface area contributed by atoms with E-state index >= 15 is 4.39 Å². The second kappa shape index (κ2) is 8.94. The summed E-state index contributed by atoms with van der Waals surface area (Å²) in [5, 5.41) is 9.52. The average Bonchev–Trinajstić information content (AvgIpc) is 2.73. The van der Waals surface area contributed by atoms with Crippen molar-refractivity contribution in [3.63, 3.8) is 0 Å². The molecule has 0 amide bonds. The number of carbonyl (C=O) groups excluding carboxylic acids is 1. The van der Waals surface area contributed by atoms with Crippen LogP contribution in [0.15, 0.2) is 48.3 Å². The lowest BCUT2D eigenvalue weighted by atomic mass is 10.0. The Labute approximate surface area is 174 Å². The molecule has 1 aromatic carbocycles. The number of nitrogens with zero attached hydrogens (tertiary/aromatic N) is 3. The number of likely N-dealkylation sites (N-methyl/N-ethyl adjacent to an activating group) is 1. The standard InChI is InChI=1S/C22H24FN3O4/c1-4-14(2)30-22(29)16(21(27)28)13-26-12-11-25(3)20-18(26)9-8-15(19(20)23)17-7-5-6-10-24-17/h5-10,13-14H,4,11-12H2,1-3H3,(H,27,28). The summed E-state index contributed by atoms with van der Waals surface area (Å²) in [4.78, 5) is 31.5. The molecule has 2 heterocycles. The number of hydrogen-bond acceptors (Lipinski definition) is 6. The molecule has 8 heteroatoms. The van der Waals surface area contributed by atoms with Gasteiger partial charge in [-0.25, -0.2) is 14.0 Å². The van der Waals surface area contributed by atoms with Crippen LogP contribution in [0.2, 0.25) is 0 Å². The van der Waals surface area contributed by atoms with Crippen LogP contribution in [-0.4, -0.2) is 48.3 Å². The summed E-state index contributed by atoms with van der Waals surface area (Å²) < 4.78 is 20.6. The first-order chi connectivity index (χ1) is 14.3. The molecule has 1 aliphatic heterocycles. The fourth-order valence-corrected chi connectivity index (χ4v) is 3.17. The Hall–Kier alpha value is -3.42. The number of halogens is 1. The molecule has 1 N–H and O–H groups in total. The van der Waals surface area contributed by atoms with E-state index < -0.39 is 29.4 Å². The summed E-state index contributed by atoms with van der Waals surface area (Å²) in [6.45, 7) is 4.36. The van der Waals surface area contributed by atoms with Crippen LogP contribution in [0.3, 0.4) is 0 Å². The van der Waals surface area contributed by atoms with Crippen LogP contribution in [0.1, 0.15) is 20.3 Å². The molecule has 0 saturated carbocycles. The zero-order valence-corrected chi connectivity index (χ0v) is 17.1. The molecule has 0 fully saturated rings. The van der Waals surface area contributed by atoms with Crippen LogP contribution in [0.5, 0.6) is 0 Å². The van der Waals surface area contributed by atoms with Crippen molar-refractivity contribution in [2.45, 2.75) is 26.4 Å². The van der Waals surface area contributed by atoms with Gasteiger partial charge in [0, 0.05) is 38.1 Å². The van der Waals surface area contributed by atoms with Gasteiger partial charge in [-0.1, -0.05) is 13.0 Å². The Balaban J connectivity index is 2.03. The van der Waals surface area contributed by atoms with E-state index in [1.165, 1.54) is 6.20 Å². The summed E-state index contributed by atoms with van der Waals surface area (Å²) in [6.07, 6.45) is 2.98. The van der Waals surface area contributed by atoms with Crippen LogP contribution in [0, 0.1) is 5.82 Å². The van der Waals surface area contributed by atoms with Gasteiger partial charge in [0.05, 0.1) is 23.2 Å². The Morgan fingerprint density at radius 3 is 2.70 bits per heavy atom. The van der Waals surface area contributed by atoms with E-state index in [0.29, 0.717) is 42.1 Å². The molecule has 1 aromatic heterocycles. The summed E-state index contributed by atoms with van der Waals surface area (Å²) >= 11 is 0. The van der Waals surface area contributed by atoms with E-state index in [1.54, 1.807) is 60.3 Å². The normalized spacial score (nSPS) is 14.9. The summed E-state index contributed by atoms with van der Waals surface area (Å²) in [5.41, 5.74) is 1.14. The molecule has 1 aliphatic rings. The number of rotatable bonds is 6. The molecule has 1 unspecified atom stereocenters. The van der Waals surface area contributed by atoms with Crippen molar-refractivity contribution < 1.29 is 23.8 Å². The summed E-state index contributed by atoms with van der Waals surface area (Å²) in [7, 11) is 1.76. The first-order valence-electron chi connectivity index (χ1n) is 9.71. The van der Waals surface area contributed by atoms with Gasteiger partial charge in [-0.3, -0.25) is 4.98 Å². The molecule has 7 nitrogen and oxygen atoms in total. The van der Waals surface area contributed by atoms with Gasteiger partial charge in [-0.05, 0) is 37.6 Å². The minimum atomic E-state index is -1.39. The molecule has 0 radical (unpaired) electrons. The van der Waals surface area contributed by atoms with Gasteiger partial charge in [-0.15, -0.1) is 0 Å². The number of pyridine rings is 1. The average molecular weight is 413 g/mol. The highest BCUT2D eigenvalue weighted by molar-refractivity contribution is 6.13. The van der Waals surface area contributed by atoms with Crippen molar-refractivity contribution in [1.82, 2.24) is 4.98 Å². The SMILES string of the molecule is CCC(C)OC(=O)C(=CN1CCN(C)c2c1ccc(-c1ccccn1)c2F)C(=O)O. The topological polar surface area (TPSA) is 83.0 Å². The van der Waals surface area contributed by atoms with E-state index in [0.717, 1.165) is 0 Å². The number of carboxylic acids is 1. The Bertz CT molecular complexity index is 978. The van der Waals surface area contributed by atoms with Crippen LogP contribution in [0.25, 0.3) is 11.3 Å². The fourth-order valence-electron chi connectivity index (χ4n) is 3.17. The highest BCUT2D eigenvalue weighted by Gasteiger charge is 2.28. The third-order valence-corrected chi connectivity index (χ3v) is 5.02. The molecule has 2 aromatic rings.